The van der Waals surface area contributed by atoms with Gasteiger partial charge < -0.3 is 14.6 Å². The third-order valence-corrected chi connectivity index (χ3v) is 5.00. The second-order valence-electron chi connectivity index (χ2n) is 7.26. The molecule has 4 aromatic rings. The molecule has 0 fully saturated rings. The largest absolute Gasteiger partial charge is 0.471 e. The Hall–Kier alpha value is -3.25. The van der Waals surface area contributed by atoms with Gasteiger partial charge in [0.05, 0.1) is 6.33 Å². The minimum absolute atomic E-state index is 0.465. The number of imidazole rings is 1. The Balaban J connectivity index is 1.23. The van der Waals surface area contributed by atoms with Crippen molar-refractivity contribution in [3.05, 3.63) is 84.4 Å². The van der Waals surface area contributed by atoms with Crippen LogP contribution in [0.25, 0.3) is 11.2 Å². The van der Waals surface area contributed by atoms with Crippen molar-refractivity contribution in [1.82, 2.24) is 24.8 Å². The summed E-state index contributed by atoms with van der Waals surface area (Å²) in [6.45, 7) is 3.32. The average molecular weight is 402 g/mol. The fraction of sp³-hybridized carbons (Fsp3) is 0.292. The molecule has 0 spiro atoms. The van der Waals surface area contributed by atoms with Gasteiger partial charge in [0, 0.05) is 6.54 Å². The molecule has 6 nitrogen and oxygen atoms in total. The van der Waals surface area contributed by atoms with Gasteiger partial charge in [-0.15, -0.1) is 0 Å². The molecule has 0 aliphatic rings. The summed E-state index contributed by atoms with van der Waals surface area (Å²) < 4.78 is 7.95. The van der Waals surface area contributed by atoms with E-state index in [-0.39, 0.29) is 0 Å². The van der Waals surface area contributed by atoms with E-state index in [0.29, 0.717) is 18.0 Å². The topological polar surface area (TPSA) is 64.9 Å². The van der Waals surface area contributed by atoms with E-state index in [1.165, 1.54) is 5.56 Å². The minimum atomic E-state index is 0.465. The van der Waals surface area contributed by atoms with Crippen molar-refractivity contribution in [3.63, 3.8) is 0 Å². The van der Waals surface area contributed by atoms with Crippen LogP contribution < -0.4 is 10.1 Å². The van der Waals surface area contributed by atoms with Gasteiger partial charge in [-0.25, -0.2) is 9.97 Å². The number of aromatic nitrogens is 4. The summed E-state index contributed by atoms with van der Waals surface area (Å²) in [7, 11) is 0. The number of rotatable bonds is 11. The maximum absolute atomic E-state index is 5.89. The molecule has 2 aromatic carbocycles. The van der Waals surface area contributed by atoms with Crippen LogP contribution in [0, 0.1) is 0 Å². The van der Waals surface area contributed by atoms with Crippen molar-refractivity contribution in [2.75, 3.05) is 13.1 Å². The number of aryl methyl sites for hydroxylation is 2. The Bertz CT molecular complexity index is 1030. The van der Waals surface area contributed by atoms with Crippen molar-refractivity contribution in [2.24, 2.45) is 0 Å². The van der Waals surface area contributed by atoms with Gasteiger partial charge in [-0.1, -0.05) is 60.7 Å². The number of hydrogen-bond donors (Lipinski definition) is 1. The summed E-state index contributed by atoms with van der Waals surface area (Å²) >= 11 is 0. The summed E-state index contributed by atoms with van der Waals surface area (Å²) in [6.07, 6.45) is 6.64. The highest BCUT2D eigenvalue weighted by molar-refractivity contribution is 5.75. The molecule has 1 N–H and O–H groups in total. The lowest BCUT2D eigenvalue weighted by atomic mass is 10.1. The van der Waals surface area contributed by atoms with Crippen LogP contribution in [0.5, 0.6) is 5.88 Å². The van der Waals surface area contributed by atoms with Crippen LogP contribution in [-0.2, 0) is 19.6 Å². The molecule has 0 bridgehead atoms. The van der Waals surface area contributed by atoms with Crippen LogP contribution in [-0.4, -0.2) is 32.6 Å². The quantitative estimate of drug-likeness (QED) is 0.385. The molecule has 0 amide bonds. The van der Waals surface area contributed by atoms with E-state index in [2.05, 4.69) is 55.2 Å². The molecule has 4 rings (SSSR count). The van der Waals surface area contributed by atoms with Crippen LogP contribution in [0.3, 0.4) is 0 Å². The molecule has 2 aromatic heterocycles. The standard InChI is InChI=1S/C24H27N5O/c1-3-9-20(10-4-1)13-7-14-25-15-8-16-29-19-28-22-23(29)26-18-27-24(22)30-17-21-11-5-2-6-12-21/h1-6,9-12,18-19,25H,7-8,13-17H2. The fourth-order valence-electron chi connectivity index (χ4n) is 3.42. The summed E-state index contributed by atoms with van der Waals surface area (Å²) in [6, 6.07) is 20.7. The van der Waals surface area contributed by atoms with Crippen LogP contribution >= 0.6 is 0 Å². The Labute approximate surface area is 177 Å². The molecule has 0 unspecified atom stereocenters. The highest BCUT2D eigenvalue weighted by Crippen LogP contribution is 2.20. The molecule has 6 heteroatoms. The van der Waals surface area contributed by atoms with Crippen molar-refractivity contribution in [3.8, 4) is 5.88 Å². The van der Waals surface area contributed by atoms with E-state index >= 15 is 0 Å². The molecule has 154 valence electrons. The number of hydrogen-bond acceptors (Lipinski definition) is 5. The highest BCUT2D eigenvalue weighted by atomic mass is 16.5. The van der Waals surface area contributed by atoms with Crippen LogP contribution in [0.4, 0.5) is 0 Å². The minimum Gasteiger partial charge on any atom is -0.471 e. The SMILES string of the molecule is c1ccc(CCCNCCCn2cnc3c(OCc4ccccc4)ncnc32)cc1. The number of nitrogens with zero attached hydrogens (tertiary/aromatic N) is 4. The molecule has 0 aliphatic heterocycles. The monoisotopic (exact) mass is 401 g/mol. The van der Waals surface area contributed by atoms with E-state index in [9.17, 15) is 0 Å². The Morgan fingerprint density at radius 1 is 0.800 bits per heavy atom. The van der Waals surface area contributed by atoms with Gasteiger partial charge in [-0.3, -0.25) is 0 Å². The molecular formula is C24H27N5O. The lowest BCUT2D eigenvalue weighted by Crippen LogP contribution is -2.18. The third kappa shape index (κ3) is 5.42. The van der Waals surface area contributed by atoms with Gasteiger partial charge in [-0.2, -0.15) is 4.98 Å². The number of nitrogens with one attached hydrogen (secondary N) is 1. The van der Waals surface area contributed by atoms with Crippen molar-refractivity contribution < 1.29 is 4.74 Å². The van der Waals surface area contributed by atoms with Crippen LogP contribution in [0.15, 0.2) is 73.3 Å². The van der Waals surface area contributed by atoms with Crippen molar-refractivity contribution in [2.45, 2.75) is 32.4 Å². The van der Waals surface area contributed by atoms with Gasteiger partial charge in [-0.05, 0) is 43.5 Å². The molecule has 0 radical (unpaired) electrons. The fourth-order valence-corrected chi connectivity index (χ4v) is 3.42. The Morgan fingerprint density at radius 2 is 1.53 bits per heavy atom. The second kappa shape index (κ2) is 10.5. The predicted molar refractivity (Wildman–Crippen MR) is 118 cm³/mol. The molecule has 2 heterocycles. The van der Waals surface area contributed by atoms with Crippen LogP contribution in [0.1, 0.15) is 24.0 Å². The Morgan fingerprint density at radius 3 is 2.33 bits per heavy atom. The van der Waals surface area contributed by atoms with Crippen molar-refractivity contribution in [1.29, 1.82) is 0 Å². The van der Waals surface area contributed by atoms with E-state index in [1.54, 1.807) is 6.33 Å². The van der Waals surface area contributed by atoms with Gasteiger partial charge in [0.25, 0.3) is 0 Å². The smallest absolute Gasteiger partial charge is 0.245 e. The molecule has 0 atom stereocenters. The molecule has 0 saturated heterocycles. The van der Waals surface area contributed by atoms with Crippen molar-refractivity contribution >= 4 is 11.2 Å². The molecular weight excluding hydrogens is 374 g/mol. The predicted octanol–water partition coefficient (Wildman–Crippen LogP) is 4.02. The third-order valence-electron chi connectivity index (χ3n) is 5.00. The lowest BCUT2D eigenvalue weighted by molar-refractivity contribution is 0.297. The first-order chi connectivity index (χ1) is 14.9. The summed E-state index contributed by atoms with van der Waals surface area (Å²) in [5.41, 5.74) is 4.03. The van der Waals surface area contributed by atoms with Gasteiger partial charge >= 0.3 is 0 Å². The molecule has 0 aliphatic carbocycles. The van der Waals surface area contributed by atoms with Crippen LogP contribution in [0.2, 0.25) is 0 Å². The molecule has 30 heavy (non-hydrogen) atoms. The first-order valence-electron chi connectivity index (χ1n) is 10.5. The summed E-state index contributed by atoms with van der Waals surface area (Å²) in [5.74, 6) is 0.529. The number of ether oxygens (including phenoxy) is 1. The zero-order valence-electron chi connectivity index (χ0n) is 17.1. The first-order valence-corrected chi connectivity index (χ1v) is 10.5. The van der Waals surface area contributed by atoms with E-state index in [1.807, 2.05) is 36.7 Å². The van der Waals surface area contributed by atoms with Gasteiger partial charge in [0.2, 0.25) is 5.88 Å². The average Bonchev–Trinajstić information content (AvgIpc) is 3.22. The summed E-state index contributed by atoms with van der Waals surface area (Å²) in [5, 5.41) is 3.52. The van der Waals surface area contributed by atoms with E-state index < -0.39 is 0 Å². The van der Waals surface area contributed by atoms with E-state index in [0.717, 1.165) is 50.1 Å². The molecule has 0 saturated carbocycles. The highest BCUT2D eigenvalue weighted by Gasteiger charge is 2.11. The van der Waals surface area contributed by atoms with Gasteiger partial charge in [0.15, 0.2) is 11.2 Å². The van der Waals surface area contributed by atoms with Gasteiger partial charge in [0.1, 0.15) is 12.9 Å². The first kappa shape index (κ1) is 20.0. The maximum atomic E-state index is 5.89. The lowest BCUT2D eigenvalue weighted by Gasteiger charge is -2.07. The zero-order valence-corrected chi connectivity index (χ0v) is 17.1. The number of benzene rings is 2. The maximum Gasteiger partial charge on any atom is 0.245 e. The Kier molecular flexibility index (Phi) is 7.02. The second-order valence-corrected chi connectivity index (χ2v) is 7.26. The zero-order chi connectivity index (χ0) is 20.4. The summed E-state index contributed by atoms with van der Waals surface area (Å²) in [4.78, 5) is 13.2. The normalized spacial score (nSPS) is 11.1. The number of fused-ring (bicyclic) bond motifs is 1. The van der Waals surface area contributed by atoms with E-state index in [4.69, 9.17) is 4.74 Å².